The Kier molecular flexibility index (Phi) is 7.91. The SMILES string of the molecule is CC(C)(C)[S+]([O-])NCC(CCCCl)c1ccc(Br)cc1. The zero-order chi connectivity index (χ0) is 15.2. The van der Waals surface area contributed by atoms with Gasteiger partial charge in [-0.15, -0.1) is 16.3 Å². The number of halogens is 2. The van der Waals surface area contributed by atoms with Crippen LogP contribution in [0.4, 0.5) is 0 Å². The van der Waals surface area contributed by atoms with Crippen molar-refractivity contribution in [1.29, 1.82) is 0 Å². The normalized spacial score (nSPS) is 15.1. The summed E-state index contributed by atoms with van der Waals surface area (Å²) in [5.41, 5.74) is 1.26. The third kappa shape index (κ3) is 6.35. The Bertz CT molecular complexity index is 394. The maximum Gasteiger partial charge on any atom is 0.136 e. The van der Waals surface area contributed by atoms with Crippen LogP contribution in [-0.2, 0) is 11.4 Å². The topological polar surface area (TPSA) is 35.1 Å². The largest absolute Gasteiger partial charge is 0.598 e. The van der Waals surface area contributed by atoms with E-state index in [1.807, 2.05) is 32.9 Å². The monoisotopic (exact) mass is 379 g/mol. The van der Waals surface area contributed by atoms with Crippen molar-refractivity contribution in [3.05, 3.63) is 34.3 Å². The summed E-state index contributed by atoms with van der Waals surface area (Å²) in [5, 5.41) is 0. The second-order valence-corrected chi connectivity index (χ2v) is 9.15. The van der Waals surface area contributed by atoms with E-state index >= 15 is 0 Å². The fourth-order valence-corrected chi connectivity index (χ4v) is 3.04. The lowest BCUT2D eigenvalue weighted by Crippen LogP contribution is -2.41. The molecule has 0 bridgehead atoms. The molecule has 0 radical (unpaired) electrons. The van der Waals surface area contributed by atoms with Gasteiger partial charge in [0, 0.05) is 34.2 Å². The van der Waals surface area contributed by atoms with E-state index in [0.717, 1.165) is 17.3 Å². The van der Waals surface area contributed by atoms with Crippen molar-refractivity contribution in [2.24, 2.45) is 0 Å². The molecule has 0 aromatic heterocycles. The molecule has 0 aliphatic rings. The first-order chi connectivity index (χ1) is 9.34. The summed E-state index contributed by atoms with van der Waals surface area (Å²) < 4.78 is 16.1. The first kappa shape index (κ1) is 18.3. The van der Waals surface area contributed by atoms with Crippen LogP contribution in [-0.4, -0.2) is 21.7 Å². The first-order valence-corrected chi connectivity index (χ1v) is 9.29. The van der Waals surface area contributed by atoms with Gasteiger partial charge >= 0.3 is 0 Å². The average Bonchev–Trinajstić information content (AvgIpc) is 2.39. The van der Waals surface area contributed by atoms with E-state index in [1.165, 1.54) is 5.56 Å². The van der Waals surface area contributed by atoms with E-state index in [9.17, 15) is 4.55 Å². The predicted octanol–water partition coefficient (Wildman–Crippen LogP) is 4.60. The molecule has 2 atom stereocenters. The molecule has 2 nitrogen and oxygen atoms in total. The number of hydrogen-bond donors (Lipinski definition) is 1. The highest BCUT2D eigenvalue weighted by atomic mass is 79.9. The summed E-state index contributed by atoms with van der Waals surface area (Å²) in [6, 6.07) is 8.32. The minimum absolute atomic E-state index is 0.239. The Balaban J connectivity index is 2.67. The third-order valence-corrected chi connectivity index (χ3v) is 5.38. The van der Waals surface area contributed by atoms with Crippen molar-refractivity contribution in [3.8, 4) is 0 Å². The number of benzene rings is 1. The van der Waals surface area contributed by atoms with Crippen molar-refractivity contribution in [1.82, 2.24) is 4.72 Å². The summed E-state index contributed by atoms with van der Waals surface area (Å²) in [4.78, 5) is 0. The minimum atomic E-state index is -1.03. The molecule has 0 aliphatic carbocycles. The Labute approximate surface area is 139 Å². The maximum absolute atomic E-state index is 12.1. The molecular weight excluding hydrogens is 358 g/mol. The van der Waals surface area contributed by atoms with Gasteiger partial charge in [-0.25, -0.2) is 0 Å². The maximum atomic E-state index is 12.1. The van der Waals surface area contributed by atoms with Crippen molar-refractivity contribution >= 4 is 38.9 Å². The van der Waals surface area contributed by atoms with E-state index in [1.54, 1.807) is 0 Å². The van der Waals surface area contributed by atoms with E-state index in [2.05, 4.69) is 32.8 Å². The van der Waals surface area contributed by atoms with Crippen LogP contribution in [0.15, 0.2) is 28.7 Å². The van der Waals surface area contributed by atoms with Gasteiger partial charge in [-0.2, -0.15) is 0 Å². The highest BCUT2D eigenvalue weighted by molar-refractivity contribution is 9.10. The standard InChI is InChI=1S/C15H23BrClNOS/c1-15(2,3)20(19)18-11-13(5-4-10-17)12-6-8-14(16)9-7-12/h6-9,13,18H,4-5,10-11H2,1-3H3. The van der Waals surface area contributed by atoms with E-state index < -0.39 is 11.4 Å². The molecule has 5 heteroatoms. The summed E-state index contributed by atoms with van der Waals surface area (Å²) in [6.45, 7) is 6.64. The van der Waals surface area contributed by atoms with Gasteiger partial charge in [-0.1, -0.05) is 28.1 Å². The van der Waals surface area contributed by atoms with Crippen LogP contribution < -0.4 is 4.72 Å². The third-order valence-electron chi connectivity index (χ3n) is 3.04. The second-order valence-electron chi connectivity index (χ2n) is 5.81. The molecule has 0 saturated carbocycles. The van der Waals surface area contributed by atoms with E-state index in [4.69, 9.17) is 11.6 Å². The van der Waals surface area contributed by atoms with Crippen LogP contribution in [0.5, 0.6) is 0 Å². The molecule has 0 amide bonds. The molecule has 0 heterocycles. The molecule has 0 aliphatic heterocycles. The molecule has 2 unspecified atom stereocenters. The highest BCUT2D eigenvalue weighted by Gasteiger charge is 2.27. The summed E-state index contributed by atoms with van der Waals surface area (Å²) in [5.74, 6) is 1.00. The molecule has 1 aromatic rings. The molecule has 1 N–H and O–H groups in total. The first-order valence-electron chi connectivity index (χ1n) is 6.81. The van der Waals surface area contributed by atoms with E-state index in [0.29, 0.717) is 18.3 Å². The van der Waals surface area contributed by atoms with Crippen LogP contribution in [0.2, 0.25) is 0 Å². The van der Waals surface area contributed by atoms with Gasteiger partial charge in [-0.3, -0.25) is 0 Å². The van der Waals surface area contributed by atoms with Crippen LogP contribution in [0.1, 0.15) is 45.1 Å². The van der Waals surface area contributed by atoms with Crippen LogP contribution in [0, 0.1) is 0 Å². The van der Waals surface area contributed by atoms with Gasteiger partial charge in [0.25, 0.3) is 0 Å². The van der Waals surface area contributed by atoms with Gasteiger partial charge in [0.15, 0.2) is 0 Å². The zero-order valence-electron chi connectivity index (χ0n) is 12.3. The number of nitrogens with one attached hydrogen (secondary N) is 1. The fraction of sp³-hybridized carbons (Fsp3) is 0.600. The van der Waals surface area contributed by atoms with Gasteiger partial charge in [0.1, 0.15) is 4.75 Å². The molecular formula is C15H23BrClNOS. The molecule has 0 spiro atoms. The fourth-order valence-electron chi connectivity index (χ4n) is 1.84. The quantitative estimate of drug-likeness (QED) is 0.554. The van der Waals surface area contributed by atoms with Crippen molar-refractivity contribution in [3.63, 3.8) is 0 Å². The molecule has 0 saturated heterocycles. The van der Waals surface area contributed by atoms with Gasteiger partial charge < -0.3 is 4.55 Å². The highest BCUT2D eigenvalue weighted by Crippen LogP contribution is 2.24. The molecule has 20 heavy (non-hydrogen) atoms. The van der Waals surface area contributed by atoms with Gasteiger partial charge in [0.2, 0.25) is 0 Å². The van der Waals surface area contributed by atoms with E-state index in [-0.39, 0.29) is 4.75 Å². The zero-order valence-corrected chi connectivity index (χ0v) is 15.4. The Morgan fingerprint density at radius 2 is 1.90 bits per heavy atom. The molecule has 114 valence electrons. The Hall–Kier alpha value is 0.260. The van der Waals surface area contributed by atoms with Crippen LogP contribution >= 0.6 is 27.5 Å². The molecule has 0 fully saturated rings. The minimum Gasteiger partial charge on any atom is -0.598 e. The predicted molar refractivity (Wildman–Crippen MR) is 92.7 cm³/mol. The van der Waals surface area contributed by atoms with Crippen molar-refractivity contribution in [2.45, 2.75) is 44.3 Å². The van der Waals surface area contributed by atoms with Gasteiger partial charge in [-0.05, 0) is 51.3 Å². The van der Waals surface area contributed by atoms with Crippen LogP contribution in [0.3, 0.4) is 0 Å². The van der Waals surface area contributed by atoms with Crippen molar-refractivity contribution < 1.29 is 4.55 Å². The molecule has 1 rings (SSSR count). The summed E-state index contributed by atoms with van der Waals surface area (Å²) in [7, 11) is 0. The lowest BCUT2D eigenvalue weighted by atomic mass is 9.95. The van der Waals surface area contributed by atoms with Gasteiger partial charge in [0.05, 0.1) is 0 Å². The smallest absolute Gasteiger partial charge is 0.136 e. The molecule has 1 aromatic carbocycles. The Morgan fingerprint density at radius 1 is 1.30 bits per heavy atom. The Morgan fingerprint density at radius 3 is 2.40 bits per heavy atom. The number of rotatable bonds is 7. The number of alkyl halides is 1. The lowest BCUT2D eigenvalue weighted by molar-refractivity contribution is 0.528. The second kappa shape index (κ2) is 8.64. The average molecular weight is 381 g/mol. The summed E-state index contributed by atoms with van der Waals surface area (Å²) >= 11 is 8.22. The van der Waals surface area contributed by atoms with Crippen LogP contribution in [0.25, 0.3) is 0 Å². The van der Waals surface area contributed by atoms with Crippen molar-refractivity contribution in [2.75, 3.05) is 12.4 Å². The summed E-state index contributed by atoms with van der Waals surface area (Å²) in [6.07, 6.45) is 1.96. The number of hydrogen-bond acceptors (Lipinski definition) is 2. The lowest BCUT2D eigenvalue weighted by Gasteiger charge is -2.26.